The summed E-state index contributed by atoms with van der Waals surface area (Å²) in [5.74, 6) is 0.671. The number of benzene rings is 2. The van der Waals surface area contributed by atoms with Crippen LogP contribution in [0, 0.1) is 0 Å². The number of amides is 1. The lowest BCUT2D eigenvalue weighted by molar-refractivity contribution is 0.102. The molecule has 0 bridgehead atoms. The molecule has 3 heterocycles. The first kappa shape index (κ1) is 38.9. The fourth-order valence-electron chi connectivity index (χ4n) is 4.56. The molecule has 2 aliphatic heterocycles. The van der Waals surface area contributed by atoms with Gasteiger partial charge in [-0.3, -0.25) is 14.7 Å². The third-order valence-corrected chi connectivity index (χ3v) is 12.0. The Morgan fingerprint density at radius 2 is 1.78 bits per heavy atom. The Bertz CT molecular complexity index is 1850. The first-order valence-electron chi connectivity index (χ1n) is 15.3. The lowest BCUT2D eigenvalue weighted by Crippen LogP contribution is -2.36. The second-order valence-corrected chi connectivity index (χ2v) is 18.1. The zero-order valence-corrected chi connectivity index (χ0v) is 31.1. The molecule has 15 nitrogen and oxygen atoms in total. The van der Waals surface area contributed by atoms with Gasteiger partial charge in [-0.1, -0.05) is 0 Å². The van der Waals surface area contributed by atoms with Gasteiger partial charge in [0.2, 0.25) is 0 Å². The van der Waals surface area contributed by atoms with E-state index in [1.54, 1.807) is 37.4 Å². The third kappa shape index (κ3) is 12.1. The van der Waals surface area contributed by atoms with Gasteiger partial charge in [-0.2, -0.15) is 13.1 Å². The molecule has 2 aromatic carbocycles. The fourth-order valence-corrected chi connectivity index (χ4v) is 9.04. The van der Waals surface area contributed by atoms with Gasteiger partial charge in [0.05, 0.1) is 43.2 Å². The van der Waals surface area contributed by atoms with Gasteiger partial charge in [0.15, 0.2) is 15.0 Å². The highest BCUT2D eigenvalue weighted by Gasteiger charge is 2.32. The van der Waals surface area contributed by atoms with Crippen LogP contribution in [-0.4, -0.2) is 78.6 Å². The lowest BCUT2D eigenvalue weighted by Gasteiger charge is -2.15. The topological polar surface area (TPSA) is 198 Å². The van der Waals surface area contributed by atoms with Gasteiger partial charge in [-0.15, -0.1) is 11.3 Å². The van der Waals surface area contributed by atoms with Crippen molar-refractivity contribution in [3.63, 3.8) is 0 Å². The summed E-state index contributed by atoms with van der Waals surface area (Å²) in [6, 6.07) is 10.8. The van der Waals surface area contributed by atoms with Crippen molar-refractivity contribution in [1.29, 1.82) is 0 Å². The predicted octanol–water partition coefficient (Wildman–Crippen LogP) is 4.73. The van der Waals surface area contributed by atoms with Crippen LogP contribution in [0.25, 0.3) is 0 Å². The van der Waals surface area contributed by atoms with E-state index in [4.69, 9.17) is 23.3 Å². The number of nitrogens with one attached hydrogen (secondary N) is 3. The number of ether oxygens (including phenoxy) is 3. The van der Waals surface area contributed by atoms with Gasteiger partial charge in [0.25, 0.3) is 16.1 Å². The van der Waals surface area contributed by atoms with Gasteiger partial charge in [-0.05, 0) is 64.1 Å². The van der Waals surface area contributed by atoms with Crippen LogP contribution in [0.1, 0.15) is 50.2 Å². The maximum atomic E-state index is 13.2. The molecular weight excluding hydrogens is 720 g/mol. The van der Waals surface area contributed by atoms with E-state index in [2.05, 4.69) is 19.7 Å². The summed E-state index contributed by atoms with van der Waals surface area (Å²) in [6.45, 7) is 9.09. The number of anilines is 1. The van der Waals surface area contributed by atoms with E-state index in [0.29, 0.717) is 47.8 Å². The van der Waals surface area contributed by atoms with Crippen LogP contribution in [0.4, 0.5) is 5.13 Å². The maximum absolute atomic E-state index is 13.2. The summed E-state index contributed by atoms with van der Waals surface area (Å²) in [4.78, 5) is 17.8. The number of carbonyl (C=O) groups is 1. The molecule has 19 heteroatoms. The molecular formula is C30H41N4O11PS3. The monoisotopic (exact) mass is 760 g/mol. The van der Waals surface area contributed by atoms with Crippen LogP contribution in [0.15, 0.2) is 52.7 Å². The van der Waals surface area contributed by atoms with Gasteiger partial charge < -0.3 is 23.3 Å². The van der Waals surface area contributed by atoms with Crippen LogP contribution in [-0.2, 0) is 44.6 Å². The molecule has 3 N–H and O–H groups in total. The predicted molar refractivity (Wildman–Crippen MR) is 185 cm³/mol. The molecule has 1 aromatic heterocycles. The average molecular weight is 761 g/mol. The molecule has 3 aromatic rings. The summed E-state index contributed by atoms with van der Waals surface area (Å²) in [6.07, 6.45) is 1.68. The van der Waals surface area contributed by atoms with Gasteiger partial charge >= 0.3 is 7.60 Å². The first-order valence-corrected chi connectivity index (χ1v) is 21.3. The van der Waals surface area contributed by atoms with Crippen LogP contribution in [0.5, 0.6) is 17.2 Å². The Kier molecular flexibility index (Phi) is 13.0. The number of carbonyl (C=O) groups excluding carboxylic acids is 1. The van der Waals surface area contributed by atoms with Gasteiger partial charge in [0, 0.05) is 41.8 Å². The first-order chi connectivity index (χ1) is 23.0. The van der Waals surface area contributed by atoms with Gasteiger partial charge in [-0.25, -0.2) is 18.1 Å². The smallest absolute Gasteiger partial charge is 0.336 e. The van der Waals surface area contributed by atoms with Crippen LogP contribution in [0.2, 0.25) is 0 Å². The fraction of sp³-hybridized carbons (Fsp3) is 0.467. The molecule has 2 fully saturated rings. The Morgan fingerprint density at radius 1 is 1.10 bits per heavy atom. The third-order valence-electron chi connectivity index (χ3n) is 6.71. The molecule has 1 unspecified atom stereocenters. The van der Waals surface area contributed by atoms with Crippen molar-refractivity contribution >= 4 is 50.0 Å². The minimum absolute atomic E-state index is 0.00997. The standard InChI is InChI=1S/C26H31N2O9PS2.C4H10N2O2S/c1-4-34-38(30,35-5-2)16-19-17-39-26(27-19)28-25(29)18-12-22(14-23(13-18)37-21-10-11-33-15-21)36-20-6-8-24(9-7-20)40(3,31)32;1-4(2)3-5-9(7,8)6-4/h6-9,12-14,17,21H,4-5,10-11,15-16H2,1-3H3,(H,27,28,29);5-6H,3H2,1-2H3. The second kappa shape index (κ2) is 16.4. The Labute approximate surface area is 290 Å². The molecule has 0 radical (unpaired) electrons. The quantitative estimate of drug-likeness (QED) is 0.203. The van der Waals surface area contributed by atoms with E-state index in [9.17, 15) is 26.2 Å². The van der Waals surface area contributed by atoms with E-state index < -0.39 is 33.5 Å². The molecule has 5 rings (SSSR count). The van der Waals surface area contributed by atoms with Gasteiger partial charge in [0.1, 0.15) is 23.4 Å². The Hall–Kier alpha value is -2.93. The molecule has 270 valence electrons. The number of hydrogen-bond donors (Lipinski definition) is 3. The van der Waals surface area contributed by atoms with Crippen molar-refractivity contribution in [3.8, 4) is 17.2 Å². The Morgan fingerprint density at radius 3 is 2.31 bits per heavy atom. The van der Waals surface area contributed by atoms with Crippen molar-refractivity contribution in [2.75, 3.05) is 44.5 Å². The Balaban J connectivity index is 0.000000520. The van der Waals surface area contributed by atoms with Crippen molar-refractivity contribution < 1.29 is 49.5 Å². The van der Waals surface area contributed by atoms with Crippen LogP contribution >= 0.6 is 18.9 Å². The van der Waals surface area contributed by atoms with E-state index >= 15 is 0 Å². The zero-order valence-electron chi connectivity index (χ0n) is 27.8. The minimum atomic E-state index is -3.35. The highest BCUT2D eigenvalue weighted by molar-refractivity contribution is 7.90. The summed E-state index contributed by atoms with van der Waals surface area (Å²) >= 11 is 1.19. The number of hydrogen-bond acceptors (Lipinski definition) is 13. The molecule has 0 spiro atoms. The molecule has 1 amide bonds. The van der Waals surface area contributed by atoms with Crippen molar-refractivity contribution in [2.45, 2.75) is 56.8 Å². The molecule has 0 aliphatic carbocycles. The number of thiazole rings is 1. The normalized spacial score (nSPS) is 18.3. The number of aromatic nitrogens is 1. The number of sulfone groups is 1. The summed E-state index contributed by atoms with van der Waals surface area (Å²) in [5.41, 5.74) is 0.411. The van der Waals surface area contributed by atoms with E-state index in [-0.39, 0.29) is 41.5 Å². The highest BCUT2D eigenvalue weighted by Crippen LogP contribution is 2.51. The largest absolute Gasteiger partial charge is 0.488 e. The second-order valence-electron chi connectivity index (χ2n) is 11.7. The molecule has 0 saturated carbocycles. The summed E-state index contributed by atoms with van der Waals surface area (Å²) in [7, 11) is -9.84. The number of nitrogens with zero attached hydrogens (tertiary/aromatic N) is 1. The highest BCUT2D eigenvalue weighted by atomic mass is 32.2. The van der Waals surface area contributed by atoms with Crippen molar-refractivity contribution in [3.05, 3.63) is 59.1 Å². The molecule has 2 aliphatic rings. The summed E-state index contributed by atoms with van der Waals surface area (Å²) in [5, 5.41) is 4.76. The van der Waals surface area contributed by atoms with Crippen LogP contribution < -0.4 is 24.2 Å². The van der Waals surface area contributed by atoms with Crippen LogP contribution in [0.3, 0.4) is 0 Å². The van der Waals surface area contributed by atoms with E-state index in [1.165, 1.54) is 35.6 Å². The van der Waals surface area contributed by atoms with E-state index in [0.717, 1.165) is 12.7 Å². The minimum Gasteiger partial charge on any atom is -0.488 e. The van der Waals surface area contributed by atoms with Crippen molar-refractivity contribution in [1.82, 2.24) is 14.4 Å². The average Bonchev–Trinajstić information content (AvgIpc) is 3.73. The molecule has 49 heavy (non-hydrogen) atoms. The SMILES string of the molecule is CC1(C)CNS(=O)(=O)N1.CCOP(=O)(Cc1csc(NC(=O)c2cc(Oc3ccc(S(C)(=O)=O)cc3)cc(OC3CCOC3)c2)n1)OCC. The van der Waals surface area contributed by atoms with Crippen molar-refractivity contribution in [2.24, 2.45) is 0 Å². The summed E-state index contributed by atoms with van der Waals surface area (Å²) < 4.78 is 90.4. The lowest BCUT2D eigenvalue weighted by atomic mass is 10.1. The maximum Gasteiger partial charge on any atom is 0.336 e. The molecule has 2 saturated heterocycles. The van der Waals surface area contributed by atoms with E-state index in [1.807, 2.05) is 13.8 Å². The molecule has 1 atom stereocenters. The zero-order chi connectivity index (χ0) is 35.9. The number of rotatable bonds is 13.